The number of aromatic nitrogens is 2. The molecule has 204 valence electrons. The van der Waals surface area contributed by atoms with Crippen molar-refractivity contribution in [2.24, 2.45) is 11.8 Å². The number of halogens is 1. The first-order chi connectivity index (χ1) is 17.8. The zero-order chi connectivity index (χ0) is 26.9. The van der Waals surface area contributed by atoms with Crippen molar-refractivity contribution in [2.75, 3.05) is 13.2 Å². The lowest BCUT2D eigenvalue weighted by Crippen LogP contribution is -2.25. The van der Waals surface area contributed by atoms with Crippen molar-refractivity contribution in [3.8, 4) is 0 Å². The van der Waals surface area contributed by atoms with E-state index >= 15 is 0 Å². The van der Waals surface area contributed by atoms with Gasteiger partial charge in [-0.3, -0.25) is 4.79 Å². The van der Waals surface area contributed by atoms with Crippen molar-refractivity contribution in [3.05, 3.63) is 62.1 Å². The van der Waals surface area contributed by atoms with Crippen LogP contribution in [0.25, 0.3) is 10.9 Å². The van der Waals surface area contributed by atoms with E-state index in [0.29, 0.717) is 11.3 Å². The van der Waals surface area contributed by atoms with Crippen LogP contribution in [0.2, 0.25) is 0 Å². The molecule has 4 atom stereocenters. The molecule has 4 unspecified atom stereocenters. The molecular formula is C32H47BrN2O2. The van der Waals surface area contributed by atoms with Gasteiger partial charge < -0.3 is 9.30 Å². The van der Waals surface area contributed by atoms with E-state index in [1.807, 2.05) is 12.1 Å². The van der Waals surface area contributed by atoms with E-state index in [1.54, 1.807) is 0 Å². The molecule has 1 aromatic heterocycles. The minimum absolute atomic E-state index is 0.134. The van der Waals surface area contributed by atoms with E-state index in [9.17, 15) is 4.79 Å². The SMILES string of the molecule is CC1CCOC1.CCCCC(CCC)C1=CCC(n2c(C(C)CC)nc(=O)c3c(Br)cccc32)C(C)=C1. The lowest BCUT2D eigenvalue weighted by Gasteiger charge is -2.31. The number of hydrogen-bond donors (Lipinski definition) is 0. The molecule has 5 heteroatoms. The van der Waals surface area contributed by atoms with Crippen LogP contribution in [0.4, 0.5) is 0 Å². The Bertz CT molecular complexity index is 1140. The summed E-state index contributed by atoms with van der Waals surface area (Å²) in [6.07, 6.45) is 14.4. The first-order valence-electron chi connectivity index (χ1n) is 14.5. The van der Waals surface area contributed by atoms with Crippen molar-refractivity contribution < 1.29 is 4.74 Å². The Labute approximate surface area is 232 Å². The molecule has 4 nitrogen and oxygen atoms in total. The average Bonchev–Trinajstić information content (AvgIpc) is 3.37. The zero-order valence-electron chi connectivity index (χ0n) is 23.9. The zero-order valence-corrected chi connectivity index (χ0v) is 25.4. The smallest absolute Gasteiger partial charge is 0.281 e. The van der Waals surface area contributed by atoms with Gasteiger partial charge in [-0.05, 0) is 90.1 Å². The number of hydrogen-bond acceptors (Lipinski definition) is 3. The normalized spacial score (nSPS) is 21.2. The average molecular weight is 572 g/mol. The van der Waals surface area contributed by atoms with Crippen molar-refractivity contribution in [1.82, 2.24) is 9.55 Å². The van der Waals surface area contributed by atoms with Gasteiger partial charge in [-0.25, -0.2) is 0 Å². The van der Waals surface area contributed by atoms with Gasteiger partial charge in [-0.15, -0.1) is 0 Å². The van der Waals surface area contributed by atoms with Crippen molar-refractivity contribution in [2.45, 2.75) is 105 Å². The van der Waals surface area contributed by atoms with E-state index in [0.717, 1.165) is 47.8 Å². The summed E-state index contributed by atoms with van der Waals surface area (Å²) >= 11 is 3.59. The molecule has 2 heterocycles. The third kappa shape index (κ3) is 7.44. The maximum Gasteiger partial charge on any atom is 0.281 e. The summed E-state index contributed by atoms with van der Waals surface area (Å²) in [6, 6.07) is 6.23. The number of unbranched alkanes of at least 4 members (excludes halogenated alkanes) is 1. The molecule has 0 radical (unpaired) electrons. The minimum Gasteiger partial charge on any atom is -0.381 e. The fourth-order valence-corrected chi connectivity index (χ4v) is 6.02. The van der Waals surface area contributed by atoms with Gasteiger partial charge in [0.1, 0.15) is 5.82 Å². The monoisotopic (exact) mass is 570 g/mol. The Hall–Kier alpha value is -1.72. The van der Waals surface area contributed by atoms with Crippen molar-refractivity contribution in [1.29, 1.82) is 0 Å². The molecule has 0 bridgehead atoms. The largest absolute Gasteiger partial charge is 0.381 e. The van der Waals surface area contributed by atoms with Crippen LogP contribution in [0.1, 0.15) is 111 Å². The summed E-state index contributed by atoms with van der Waals surface area (Å²) in [5.41, 5.74) is 3.72. The third-order valence-corrected chi connectivity index (χ3v) is 8.62. The summed E-state index contributed by atoms with van der Waals surface area (Å²) in [7, 11) is 0. The topological polar surface area (TPSA) is 44.1 Å². The summed E-state index contributed by atoms with van der Waals surface area (Å²) in [5.74, 6) is 2.62. The van der Waals surface area contributed by atoms with Gasteiger partial charge in [0.25, 0.3) is 5.56 Å². The van der Waals surface area contributed by atoms with E-state index in [2.05, 4.69) is 85.2 Å². The van der Waals surface area contributed by atoms with E-state index in [4.69, 9.17) is 4.74 Å². The first-order valence-corrected chi connectivity index (χ1v) is 15.3. The van der Waals surface area contributed by atoms with Crippen LogP contribution in [-0.4, -0.2) is 22.8 Å². The number of nitrogens with zero attached hydrogens (tertiary/aromatic N) is 2. The Morgan fingerprint density at radius 2 is 1.97 bits per heavy atom. The van der Waals surface area contributed by atoms with Gasteiger partial charge in [-0.2, -0.15) is 4.98 Å². The fourth-order valence-electron chi connectivity index (χ4n) is 5.49. The molecule has 4 rings (SSSR count). The Kier molecular flexibility index (Phi) is 11.6. The highest BCUT2D eigenvalue weighted by Gasteiger charge is 2.26. The highest BCUT2D eigenvalue weighted by Crippen LogP contribution is 2.38. The van der Waals surface area contributed by atoms with Crippen LogP contribution < -0.4 is 5.56 Å². The molecule has 1 aliphatic carbocycles. The maximum atomic E-state index is 12.9. The van der Waals surface area contributed by atoms with Crippen LogP contribution >= 0.6 is 15.9 Å². The summed E-state index contributed by atoms with van der Waals surface area (Å²) in [6.45, 7) is 15.3. The molecular weight excluding hydrogens is 524 g/mol. The highest BCUT2D eigenvalue weighted by atomic mass is 79.9. The number of ether oxygens (including phenoxy) is 1. The molecule has 0 amide bonds. The van der Waals surface area contributed by atoms with Crippen LogP contribution in [0, 0.1) is 11.8 Å². The number of rotatable bonds is 9. The molecule has 1 aliphatic heterocycles. The molecule has 1 aromatic carbocycles. The second-order valence-corrected chi connectivity index (χ2v) is 11.9. The van der Waals surface area contributed by atoms with Crippen molar-refractivity contribution >= 4 is 26.8 Å². The molecule has 1 fully saturated rings. The van der Waals surface area contributed by atoms with Crippen LogP contribution in [0.15, 0.2) is 50.8 Å². The minimum atomic E-state index is -0.134. The maximum absolute atomic E-state index is 12.9. The van der Waals surface area contributed by atoms with E-state index in [1.165, 1.54) is 49.7 Å². The fraction of sp³-hybridized carbons (Fsp3) is 0.625. The Morgan fingerprint density at radius 1 is 1.19 bits per heavy atom. The molecule has 2 aromatic rings. The van der Waals surface area contributed by atoms with Crippen LogP contribution in [0.3, 0.4) is 0 Å². The predicted octanol–water partition coefficient (Wildman–Crippen LogP) is 9.14. The second-order valence-electron chi connectivity index (χ2n) is 11.0. The molecule has 0 spiro atoms. The van der Waals surface area contributed by atoms with Crippen LogP contribution in [0.5, 0.6) is 0 Å². The lowest BCUT2D eigenvalue weighted by atomic mass is 9.83. The van der Waals surface area contributed by atoms with Gasteiger partial charge in [0.05, 0.1) is 16.9 Å². The van der Waals surface area contributed by atoms with Gasteiger partial charge in [-0.1, -0.05) is 72.1 Å². The summed E-state index contributed by atoms with van der Waals surface area (Å²) < 4.78 is 8.22. The van der Waals surface area contributed by atoms with Gasteiger partial charge in [0.2, 0.25) is 0 Å². The van der Waals surface area contributed by atoms with Gasteiger partial charge in [0, 0.05) is 23.6 Å². The summed E-state index contributed by atoms with van der Waals surface area (Å²) in [4.78, 5) is 17.5. The van der Waals surface area contributed by atoms with Gasteiger partial charge >= 0.3 is 0 Å². The third-order valence-electron chi connectivity index (χ3n) is 7.96. The highest BCUT2D eigenvalue weighted by molar-refractivity contribution is 9.10. The van der Waals surface area contributed by atoms with E-state index < -0.39 is 0 Å². The van der Waals surface area contributed by atoms with Crippen LogP contribution in [-0.2, 0) is 4.74 Å². The molecule has 2 aliphatic rings. The quantitative estimate of drug-likeness (QED) is 0.302. The van der Waals surface area contributed by atoms with Crippen molar-refractivity contribution in [3.63, 3.8) is 0 Å². The van der Waals surface area contributed by atoms with Gasteiger partial charge in [0.15, 0.2) is 0 Å². The lowest BCUT2D eigenvalue weighted by molar-refractivity contribution is 0.188. The molecule has 0 N–H and O–H groups in total. The number of allylic oxidation sites excluding steroid dienone is 4. The summed E-state index contributed by atoms with van der Waals surface area (Å²) in [5, 5.41) is 0.684. The Morgan fingerprint density at radius 3 is 2.54 bits per heavy atom. The number of fused-ring (bicyclic) bond motifs is 1. The second kappa shape index (κ2) is 14.4. The predicted molar refractivity (Wildman–Crippen MR) is 160 cm³/mol. The molecule has 1 saturated heterocycles. The molecule has 0 saturated carbocycles. The molecule has 37 heavy (non-hydrogen) atoms. The van der Waals surface area contributed by atoms with E-state index in [-0.39, 0.29) is 17.5 Å². The number of benzene rings is 1. The standard InChI is InChI=1S/C27H37BrN2O.C5H10O/c1-6-9-12-20(11-7-2)21-15-16-23(19(5)17-21)30-24-14-10-13-22(28)25(24)27(31)29-26(30)18(4)8-3;1-5-2-3-6-4-5/h10,13-15,17-18,20,23H,6-9,11-12,16H2,1-5H3;5H,2-4H2,1H3. The Balaban J connectivity index is 0.000000555. The first kappa shape index (κ1) is 29.8.